The Hall–Kier alpha value is 0.270. The third-order valence-electron chi connectivity index (χ3n) is 2.52. The second-order valence-corrected chi connectivity index (χ2v) is 5.55. The summed E-state index contributed by atoms with van der Waals surface area (Å²) >= 11 is 2.03. The molecule has 0 aliphatic heterocycles. The largest absolute Gasteiger partial charge is 0.313 e. The first-order valence-electron chi connectivity index (χ1n) is 5.62. The van der Waals surface area contributed by atoms with Gasteiger partial charge in [-0.3, -0.25) is 5.32 Å². The summed E-state index contributed by atoms with van der Waals surface area (Å²) in [5.41, 5.74) is 5.87. The van der Waals surface area contributed by atoms with Crippen LogP contribution in [0.2, 0.25) is 0 Å². The number of nitrogens with one attached hydrogen (secondary N) is 1. The van der Waals surface area contributed by atoms with Crippen molar-refractivity contribution >= 4 is 11.8 Å². The highest BCUT2D eigenvalue weighted by Crippen LogP contribution is 2.09. The average Bonchev–Trinajstić information content (AvgIpc) is 2.10. The van der Waals surface area contributed by atoms with Crippen LogP contribution in [0.5, 0.6) is 0 Å². The second-order valence-electron chi connectivity index (χ2n) is 4.33. The fraction of sp³-hybridized carbons (Fsp3) is 1.00. The normalized spacial score (nSPS) is 15.9. The first-order valence-corrected chi connectivity index (χ1v) is 6.77. The minimum atomic E-state index is -0.213. The van der Waals surface area contributed by atoms with Gasteiger partial charge in [0, 0.05) is 0 Å². The van der Waals surface area contributed by atoms with Gasteiger partial charge in [-0.2, -0.15) is 11.8 Å². The zero-order valence-electron chi connectivity index (χ0n) is 10.1. The number of thioether (sulfide) groups is 1. The zero-order valence-corrected chi connectivity index (χ0v) is 10.9. The standard InChI is InChI=1S/C11H26N2S/c1-5-8-14-9-6-7-13-11(4,12)10(2)3/h10,13H,5-9,12H2,1-4H3. The highest BCUT2D eigenvalue weighted by Gasteiger charge is 2.20. The predicted molar refractivity (Wildman–Crippen MR) is 67.7 cm³/mol. The fourth-order valence-corrected chi connectivity index (χ4v) is 1.82. The molecule has 0 aliphatic carbocycles. The zero-order chi connectivity index (χ0) is 11.0. The number of hydrogen-bond donors (Lipinski definition) is 2. The van der Waals surface area contributed by atoms with Crippen molar-refractivity contribution in [2.24, 2.45) is 11.7 Å². The third-order valence-corrected chi connectivity index (χ3v) is 3.79. The fourth-order valence-electron chi connectivity index (χ4n) is 0.982. The van der Waals surface area contributed by atoms with Gasteiger partial charge >= 0.3 is 0 Å². The van der Waals surface area contributed by atoms with E-state index in [1.54, 1.807) is 0 Å². The molecule has 0 saturated carbocycles. The molecule has 3 heteroatoms. The van der Waals surface area contributed by atoms with Crippen molar-refractivity contribution in [1.29, 1.82) is 0 Å². The summed E-state index contributed by atoms with van der Waals surface area (Å²) < 4.78 is 0. The molecule has 1 unspecified atom stereocenters. The van der Waals surface area contributed by atoms with Crippen LogP contribution in [0.4, 0.5) is 0 Å². The van der Waals surface area contributed by atoms with Crippen LogP contribution in [0.25, 0.3) is 0 Å². The lowest BCUT2D eigenvalue weighted by Crippen LogP contribution is -2.55. The summed E-state index contributed by atoms with van der Waals surface area (Å²) in [6, 6.07) is 0. The molecule has 0 aromatic rings. The quantitative estimate of drug-likeness (QED) is 0.485. The van der Waals surface area contributed by atoms with Gasteiger partial charge in [0.2, 0.25) is 0 Å². The highest BCUT2D eigenvalue weighted by atomic mass is 32.2. The molecule has 0 rings (SSSR count). The van der Waals surface area contributed by atoms with Crippen LogP contribution in [0.15, 0.2) is 0 Å². The van der Waals surface area contributed by atoms with Crippen LogP contribution in [0.1, 0.15) is 40.5 Å². The predicted octanol–water partition coefficient (Wildman–Crippen LogP) is 2.44. The second kappa shape index (κ2) is 7.55. The summed E-state index contributed by atoms with van der Waals surface area (Å²) in [6.07, 6.45) is 2.49. The topological polar surface area (TPSA) is 38.0 Å². The minimum absolute atomic E-state index is 0.213. The summed E-state index contributed by atoms with van der Waals surface area (Å²) in [6.45, 7) is 9.62. The molecule has 0 saturated heterocycles. The molecule has 0 aliphatic rings. The van der Waals surface area contributed by atoms with Gasteiger partial charge in [0.15, 0.2) is 0 Å². The van der Waals surface area contributed by atoms with Crippen molar-refractivity contribution < 1.29 is 0 Å². The van der Waals surface area contributed by atoms with Crippen LogP contribution >= 0.6 is 11.8 Å². The first kappa shape index (κ1) is 14.3. The van der Waals surface area contributed by atoms with E-state index in [1.807, 2.05) is 11.8 Å². The van der Waals surface area contributed by atoms with Crippen molar-refractivity contribution in [3.05, 3.63) is 0 Å². The molecule has 0 heterocycles. The molecule has 0 spiro atoms. The minimum Gasteiger partial charge on any atom is -0.313 e. The molecule has 0 fully saturated rings. The number of nitrogens with two attached hydrogens (primary N) is 1. The lowest BCUT2D eigenvalue weighted by Gasteiger charge is -2.30. The monoisotopic (exact) mass is 218 g/mol. The van der Waals surface area contributed by atoms with Gasteiger partial charge in [-0.15, -0.1) is 0 Å². The maximum Gasteiger partial charge on any atom is 0.0656 e. The van der Waals surface area contributed by atoms with Crippen molar-refractivity contribution in [1.82, 2.24) is 5.32 Å². The van der Waals surface area contributed by atoms with Gasteiger partial charge in [-0.25, -0.2) is 0 Å². The molecule has 0 bridgehead atoms. The Morgan fingerprint density at radius 2 is 2.00 bits per heavy atom. The van der Waals surface area contributed by atoms with Crippen molar-refractivity contribution in [3.63, 3.8) is 0 Å². The average molecular weight is 218 g/mol. The highest BCUT2D eigenvalue weighted by molar-refractivity contribution is 7.99. The SMILES string of the molecule is CCCSCCCNC(C)(N)C(C)C. The van der Waals surface area contributed by atoms with Crippen LogP contribution in [-0.4, -0.2) is 23.7 Å². The van der Waals surface area contributed by atoms with E-state index in [0.717, 1.165) is 6.54 Å². The molecule has 2 nitrogen and oxygen atoms in total. The maximum atomic E-state index is 6.08. The Balaban J connectivity index is 3.35. The van der Waals surface area contributed by atoms with Crippen LogP contribution in [0.3, 0.4) is 0 Å². The molecule has 86 valence electrons. The molecular formula is C11H26N2S. The molecule has 0 aromatic carbocycles. The molecule has 14 heavy (non-hydrogen) atoms. The van der Waals surface area contributed by atoms with Crippen molar-refractivity contribution in [2.45, 2.75) is 46.2 Å². The van der Waals surface area contributed by atoms with E-state index in [4.69, 9.17) is 5.73 Å². The van der Waals surface area contributed by atoms with Crippen molar-refractivity contribution in [2.75, 3.05) is 18.1 Å². The van der Waals surface area contributed by atoms with Crippen LogP contribution in [0, 0.1) is 5.92 Å². The van der Waals surface area contributed by atoms with Gasteiger partial charge in [0.05, 0.1) is 5.66 Å². The Labute approximate surface area is 93.4 Å². The van der Waals surface area contributed by atoms with E-state index in [9.17, 15) is 0 Å². The van der Waals surface area contributed by atoms with Crippen LogP contribution < -0.4 is 11.1 Å². The molecule has 0 radical (unpaired) electrons. The Kier molecular flexibility index (Phi) is 7.69. The van der Waals surface area contributed by atoms with E-state index < -0.39 is 0 Å². The van der Waals surface area contributed by atoms with Gasteiger partial charge in [0.1, 0.15) is 0 Å². The van der Waals surface area contributed by atoms with Gasteiger partial charge in [-0.05, 0) is 43.7 Å². The first-order chi connectivity index (χ1) is 6.50. The summed E-state index contributed by atoms with van der Waals surface area (Å²) in [4.78, 5) is 0. The van der Waals surface area contributed by atoms with Crippen LogP contribution in [-0.2, 0) is 0 Å². The van der Waals surface area contributed by atoms with E-state index in [2.05, 4.69) is 33.0 Å². The number of hydrogen-bond acceptors (Lipinski definition) is 3. The van der Waals surface area contributed by atoms with E-state index in [1.165, 1.54) is 24.3 Å². The Bertz CT molecular complexity index is 135. The third kappa shape index (κ3) is 6.68. The lowest BCUT2D eigenvalue weighted by molar-refractivity contribution is 0.271. The summed E-state index contributed by atoms with van der Waals surface area (Å²) in [5.74, 6) is 3.00. The van der Waals surface area contributed by atoms with Gasteiger partial charge < -0.3 is 5.73 Å². The van der Waals surface area contributed by atoms with E-state index in [-0.39, 0.29) is 5.66 Å². The molecule has 1 atom stereocenters. The lowest BCUT2D eigenvalue weighted by atomic mass is 9.99. The van der Waals surface area contributed by atoms with E-state index >= 15 is 0 Å². The maximum absolute atomic E-state index is 6.08. The summed E-state index contributed by atoms with van der Waals surface area (Å²) in [5, 5.41) is 3.40. The van der Waals surface area contributed by atoms with E-state index in [0.29, 0.717) is 5.92 Å². The van der Waals surface area contributed by atoms with Gasteiger partial charge in [0.25, 0.3) is 0 Å². The molecule has 0 amide bonds. The summed E-state index contributed by atoms with van der Waals surface area (Å²) in [7, 11) is 0. The molecule has 0 aromatic heterocycles. The van der Waals surface area contributed by atoms with Crippen molar-refractivity contribution in [3.8, 4) is 0 Å². The van der Waals surface area contributed by atoms with Gasteiger partial charge in [-0.1, -0.05) is 20.8 Å². The number of rotatable bonds is 8. The molecule has 3 N–H and O–H groups in total. The Morgan fingerprint density at radius 1 is 1.36 bits per heavy atom. The Morgan fingerprint density at radius 3 is 2.50 bits per heavy atom. The molecular weight excluding hydrogens is 192 g/mol. The smallest absolute Gasteiger partial charge is 0.0656 e.